The number of rotatable bonds is 12. The number of hydrogen-bond donors (Lipinski definition) is 5. The van der Waals surface area contributed by atoms with Gasteiger partial charge in [0.25, 0.3) is 0 Å². The number of carbonyl (C=O) groups is 5. The molecule has 0 aliphatic carbocycles. The van der Waals surface area contributed by atoms with Crippen molar-refractivity contribution in [3.05, 3.63) is 35.9 Å². The Labute approximate surface area is 204 Å². The SMILES string of the molecule is CC(C)C(NC(=O)C(N)Cc1ccccc1)C(=O)N1CCCC1C(=O)NC(CCC(N)=O)C(=O)O. The van der Waals surface area contributed by atoms with E-state index in [0.717, 1.165) is 5.56 Å². The summed E-state index contributed by atoms with van der Waals surface area (Å²) < 4.78 is 0. The molecule has 1 fully saturated rings. The standard InChI is InChI=1S/C24H35N5O6/c1-14(2)20(28-21(31)16(25)13-15-7-4-3-5-8-15)23(33)29-12-6-9-18(29)22(32)27-17(24(34)35)10-11-19(26)30/h3-5,7-8,14,16-18,20H,6,9-13,25H2,1-2H3,(H2,26,30)(H,27,32)(H,28,31)(H,34,35). The molecule has 192 valence electrons. The quantitative estimate of drug-likeness (QED) is 0.262. The molecule has 11 heteroatoms. The van der Waals surface area contributed by atoms with Crippen molar-refractivity contribution in [3.63, 3.8) is 0 Å². The summed E-state index contributed by atoms with van der Waals surface area (Å²) in [5.41, 5.74) is 12.0. The van der Waals surface area contributed by atoms with E-state index in [-0.39, 0.29) is 18.8 Å². The molecule has 7 N–H and O–H groups in total. The van der Waals surface area contributed by atoms with E-state index in [9.17, 15) is 29.1 Å². The van der Waals surface area contributed by atoms with Crippen molar-refractivity contribution in [2.24, 2.45) is 17.4 Å². The van der Waals surface area contributed by atoms with Gasteiger partial charge in [-0.2, -0.15) is 0 Å². The molecule has 1 aliphatic heterocycles. The lowest BCUT2D eigenvalue weighted by Gasteiger charge is -2.31. The first-order valence-electron chi connectivity index (χ1n) is 11.7. The Morgan fingerprint density at radius 2 is 1.77 bits per heavy atom. The number of aliphatic carboxylic acids is 1. The summed E-state index contributed by atoms with van der Waals surface area (Å²) >= 11 is 0. The first-order valence-corrected chi connectivity index (χ1v) is 11.7. The fourth-order valence-electron chi connectivity index (χ4n) is 4.03. The number of benzene rings is 1. The predicted octanol–water partition coefficient (Wildman–Crippen LogP) is -0.477. The fraction of sp³-hybridized carbons (Fsp3) is 0.542. The maximum Gasteiger partial charge on any atom is 0.326 e. The molecular formula is C24H35N5O6. The summed E-state index contributed by atoms with van der Waals surface area (Å²) in [6.45, 7) is 3.85. The van der Waals surface area contributed by atoms with Crippen LogP contribution < -0.4 is 22.1 Å². The molecule has 0 bridgehead atoms. The number of nitrogens with zero attached hydrogens (tertiary/aromatic N) is 1. The summed E-state index contributed by atoms with van der Waals surface area (Å²) in [5, 5.41) is 14.5. The molecule has 35 heavy (non-hydrogen) atoms. The lowest BCUT2D eigenvalue weighted by Crippen LogP contribution is -2.58. The van der Waals surface area contributed by atoms with E-state index in [0.29, 0.717) is 25.8 Å². The van der Waals surface area contributed by atoms with Gasteiger partial charge in [0, 0.05) is 13.0 Å². The maximum atomic E-state index is 13.4. The van der Waals surface area contributed by atoms with Crippen LogP contribution >= 0.6 is 0 Å². The van der Waals surface area contributed by atoms with E-state index in [2.05, 4.69) is 10.6 Å². The molecule has 1 saturated heterocycles. The smallest absolute Gasteiger partial charge is 0.326 e. The molecule has 4 amide bonds. The molecule has 11 nitrogen and oxygen atoms in total. The molecule has 0 radical (unpaired) electrons. The van der Waals surface area contributed by atoms with Crippen molar-refractivity contribution < 1.29 is 29.1 Å². The van der Waals surface area contributed by atoms with Gasteiger partial charge >= 0.3 is 5.97 Å². The van der Waals surface area contributed by atoms with Gasteiger partial charge in [0.05, 0.1) is 6.04 Å². The van der Waals surface area contributed by atoms with Crippen LogP contribution in [0.5, 0.6) is 0 Å². The lowest BCUT2D eigenvalue weighted by molar-refractivity contribution is -0.145. The van der Waals surface area contributed by atoms with Crippen molar-refractivity contribution in [1.82, 2.24) is 15.5 Å². The van der Waals surface area contributed by atoms with Gasteiger partial charge in [-0.3, -0.25) is 19.2 Å². The Bertz CT molecular complexity index is 922. The van der Waals surface area contributed by atoms with Gasteiger partial charge in [0.2, 0.25) is 23.6 Å². The third kappa shape index (κ3) is 8.06. The number of primary amides is 1. The minimum absolute atomic E-state index is 0.152. The number of likely N-dealkylation sites (tertiary alicyclic amines) is 1. The van der Waals surface area contributed by atoms with Gasteiger partial charge in [-0.1, -0.05) is 44.2 Å². The van der Waals surface area contributed by atoms with E-state index in [1.54, 1.807) is 13.8 Å². The average Bonchev–Trinajstić information content (AvgIpc) is 3.29. The van der Waals surface area contributed by atoms with Gasteiger partial charge in [-0.05, 0) is 37.2 Å². The van der Waals surface area contributed by atoms with Crippen LogP contribution in [0.15, 0.2) is 30.3 Å². The number of carboxylic acids is 1. The molecule has 4 unspecified atom stereocenters. The second kappa shape index (κ2) is 12.8. The Morgan fingerprint density at radius 3 is 2.34 bits per heavy atom. The van der Waals surface area contributed by atoms with Gasteiger partial charge in [-0.15, -0.1) is 0 Å². The molecule has 1 aliphatic rings. The number of carbonyl (C=O) groups excluding carboxylic acids is 4. The minimum atomic E-state index is -1.30. The highest BCUT2D eigenvalue weighted by molar-refractivity contribution is 5.94. The van der Waals surface area contributed by atoms with Gasteiger partial charge in [0.1, 0.15) is 18.1 Å². The molecule has 0 spiro atoms. The number of nitrogens with two attached hydrogens (primary N) is 2. The van der Waals surface area contributed by atoms with Crippen molar-refractivity contribution in [1.29, 1.82) is 0 Å². The predicted molar refractivity (Wildman–Crippen MR) is 128 cm³/mol. The second-order valence-electron chi connectivity index (χ2n) is 9.12. The van der Waals surface area contributed by atoms with Crippen LogP contribution in [-0.2, 0) is 30.4 Å². The molecule has 0 saturated carbocycles. The van der Waals surface area contributed by atoms with E-state index < -0.39 is 53.8 Å². The van der Waals surface area contributed by atoms with Crippen LogP contribution in [0.1, 0.15) is 45.1 Å². The molecule has 1 heterocycles. The first kappa shape index (κ1) is 27.8. The topological polar surface area (TPSA) is 185 Å². The Hall–Kier alpha value is -3.47. The normalized spacial score (nSPS) is 17.9. The molecular weight excluding hydrogens is 454 g/mol. The highest BCUT2D eigenvalue weighted by atomic mass is 16.4. The zero-order valence-corrected chi connectivity index (χ0v) is 20.1. The van der Waals surface area contributed by atoms with Crippen molar-refractivity contribution in [2.45, 2.75) is 70.1 Å². The Kier molecular flexibility index (Phi) is 10.2. The van der Waals surface area contributed by atoms with Crippen LogP contribution in [0.25, 0.3) is 0 Å². The maximum absolute atomic E-state index is 13.4. The largest absolute Gasteiger partial charge is 0.480 e. The third-order valence-electron chi connectivity index (χ3n) is 6.00. The molecule has 0 aromatic heterocycles. The number of hydrogen-bond acceptors (Lipinski definition) is 6. The zero-order valence-electron chi connectivity index (χ0n) is 20.1. The van der Waals surface area contributed by atoms with Crippen LogP contribution in [0.4, 0.5) is 0 Å². The monoisotopic (exact) mass is 489 g/mol. The van der Waals surface area contributed by atoms with E-state index in [4.69, 9.17) is 11.5 Å². The second-order valence-corrected chi connectivity index (χ2v) is 9.12. The summed E-state index contributed by atoms with van der Waals surface area (Å²) in [7, 11) is 0. The summed E-state index contributed by atoms with van der Waals surface area (Å²) in [4.78, 5) is 62.8. The van der Waals surface area contributed by atoms with E-state index >= 15 is 0 Å². The lowest BCUT2D eigenvalue weighted by atomic mass is 10.00. The van der Waals surface area contributed by atoms with Crippen molar-refractivity contribution in [2.75, 3.05) is 6.54 Å². The fourth-order valence-corrected chi connectivity index (χ4v) is 4.03. The van der Waals surface area contributed by atoms with E-state index in [1.807, 2.05) is 30.3 Å². The highest BCUT2D eigenvalue weighted by Gasteiger charge is 2.40. The van der Waals surface area contributed by atoms with Gasteiger partial charge in [0.15, 0.2) is 0 Å². The number of nitrogens with one attached hydrogen (secondary N) is 2. The van der Waals surface area contributed by atoms with E-state index in [1.165, 1.54) is 4.90 Å². The third-order valence-corrected chi connectivity index (χ3v) is 6.00. The van der Waals surface area contributed by atoms with Crippen molar-refractivity contribution in [3.8, 4) is 0 Å². The molecule has 1 aromatic rings. The number of carboxylic acid groups (broad SMARTS) is 1. The first-order chi connectivity index (χ1) is 16.5. The summed E-state index contributed by atoms with van der Waals surface area (Å²) in [6, 6.07) is 5.34. The van der Waals surface area contributed by atoms with Gasteiger partial charge in [-0.25, -0.2) is 4.79 Å². The summed E-state index contributed by atoms with van der Waals surface area (Å²) in [6.07, 6.45) is 0.861. The minimum Gasteiger partial charge on any atom is -0.480 e. The molecule has 1 aromatic carbocycles. The highest BCUT2D eigenvalue weighted by Crippen LogP contribution is 2.21. The van der Waals surface area contributed by atoms with Gasteiger partial charge < -0.3 is 32.1 Å². The van der Waals surface area contributed by atoms with Crippen LogP contribution in [0.2, 0.25) is 0 Å². The Morgan fingerprint density at radius 1 is 1.11 bits per heavy atom. The van der Waals surface area contributed by atoms with Crippen LogP contribution in [0, 0.1) is 5.92 Å². The van der Waals surface area contributed by atoms with Crippen molar-refractivity contribution >= 4 is 29.6 Å². The summed E-state index contributed by atoms with van der Waals surface area (Å²) in [5.74, 6) is -3.77. The molecule has 2 rings (SSSR count). The van der Waals surface area contributed by atoms with Crippen LogP contribution in [-0.4, -0.2) is 70.3 Å². The Balaban J connectivity index is 2.06. The number of amides is 4. The average molecular weight is 490 g/mol. The zero-order chi connectivity index (χ0) is 26.1. The van der Waals surface area contributed by atoms with Crippen LogP contribution in [0.3, 0.4) is 0 Å². The molecule has 4 atom stereocenters.